The van der Waals surface area contributed by atoms with Crippen molar-refractivity contribution in [3.8, 4) is 5.75 Å². The highest BCUT2D eigenvalue weighted by Gasteiger charge is 2.24. The molecular weight excluding hydrogens is 460 g/mol. The number of thioether (sulfide) groups is 1. The van der Waals surface area contributed by atoms with Crippen LogP contribution in [0.5, 0.6) is 5.75 Å². The number of carbonyl (C=O) groups excluding carboxylic acids is 2. The molecule has 0 radical (unpaired) electrons. The van der Waals surface area contributed by atoms with Gasteiger partial charge in [0.2, 0.25) is 11.1 Å². The fourth-order valence-corrected chi connectivity index (χ4v) is 3.60. The average molecular weight is 485 g/mol. The second-order valence-corrected chi connectivity index (χ2v) is 8.51. The van der Waals surface area contributed by atoms with E-state index in [0.717, 1.165) is 11.8 Å². The molecule has 1 atom stereocenters. The minimum absolute atomic E-state index is 0.0492. The Labute approximate surface area is 199 Å². The number of ether oxygens (including phenoxy) is 1. The van der Waals surface area contributed by atoms with E-state index in [1.54, 1.807) is 31.4 Å². The third-order valence-electron chi connectivity index (χ3n) is 4.76. The van der Waals surface area contributed by atoms with Crippen molar-refractivity contribution in [2.75, 3.05) is 18.2 Å². The molecule has 0 spiro atoms. The first-order valence-corrected chi connectivity index (χ1v) is 11.3. The number of hydrogen-bond donors (Lipinski definition) is 3. The molecule has 2 amide bonds. The van der Waals surface area contributed by atoms with Crippen molar-refractivity contribution in [3.05, 3.63) is 70.0 Å². The van der Waals surface area contributed by atoms with Crippen LogP contribution in [0.15, 0.2) is 53.7 Å². The highest BCUT2D eigenvalue weighted by Crippen LogP contribution is 2.23. The molecule has 0 fully saturated rings. The summed E-state index contributed by atoms with van der Waals surface area (Å²) >= 11 is 1.15. The van der Waals surface area contributed by atoms with E-state index in [-0.39, 0.29) is 28.8 Å². The molecule has 3 aromatic rings. The van der Waals surface area contributed by atoms with Crippen LogP contribution in [0.1, 0.15) is 36.1 Å². The van der Waals surface area contributed by atoms with Gasteiger partial charge in [0.15, 0.2) is 0 Å². The van der Waals surface area contributed by atoms with Crippen LogP contribution in [0, 0.1) is 16.0 Å². The van der Waals surface area contributed by atoms with Crippen LogP contribution in [0.2, 0.25) is 0 Å². The lowest BCUT2D eigenvalue weighted by Gasteiger charge is -2.19. The first-order valence-electron chi connectivity index (χ1n) is 10.3. The van der Waals surface area contributed by atoms with Crippen LogP contribution in [-0.4, -0.2) is 44.8 Å². The second-order valence-electron chi connectivity index (χ2n) is 7.57. The van der Waals surface area contributed by atoms with Crippen molar-refractivity contribution < 1.29 is 19.2 Å². The smallest absolute Gasteiger partial charge is 0.270 e. The molecule has 12 heteroatoms. The van der Waals surface area contributed by atoms with E-state index >= 15 is 0 Å². The number of non-ortho nitro benzene ring substituents is 1. The number of nitrogens with zero attached hydrogens (tertiary/aromatic N) is 3. The van der Waals surface area contributed by atoms with Crippen LogP contribution in [0.3, 0.4) is 0 Å². The van der Waals surface area contributed by atoms with Gasteiger partial charge in [-0.3, -0.25) is 24.8 Å². The predicted molar refractivity (Wildman–Crippen MR) is 127 cm³/mol. The lowest BCUT2D eigenvalue weighted by Crippen LogP contribution is -2.32. The van der Waals surface area contributed by atoms with Gasteiger partial charge in [0.05, 0.1) is 23.8 Å². The van der Waals surface area contributed by atoms with Gasteiger partial charge in [0.25, 0.3) is 11.6 Å². The average Bonchev–Trinajstić information content (AvgIpc) is 3.30. The molecule has 0 unspecified atom stereocenters. The van der Waals surface area contributed by atoms with Crippen LogP contribution < -0.4 is 15.4 Å². The number of H-pyrrole nitrogens is 1. The Kier molecular flexibility index (Phi) is 8.19. The van der Waals surface area contributed by atoms with E-state index in [1.165, 1.54) is 24.3 Å². The molecule has 3 rings (SSSR count). The fourth-order valence-electron chi connectivity index (χ4n) is 3.00. The van der Waals surface area contributed by atoms with Crippen molar-refractivity contribution in [2.24, 2.45) is 5.92 Å². The van der Waals surface area contributed by atoms with Gasteiger partial charge in [-0.2, -0.15) is 0 Å². The Morgan fingerprint density at radius 2 is 1.94 bits per heavy atom. The van der Waals surface area contributed by atoms with E-state index in [2.05, 4.69) is 25.8 Å². The molecule has 3 N–H and O–H groups in total. The third kappa shape index (κ3) is 6.54. The van der Waals surface area contributed by atoms with Crippen LogP contribution >= 0.6 is 11.8 Å². The molecule has 34 heavy (non-hydrogen) atoms. The van der Waals surface area contributed by atoms with E-state index < -0.39 is 16.9 Å². The molecule has 0 saturated carbocycles. The first kappa shape index (κ1) is 24.7. The summed E-state index contributed by atoms with van der Waals surface area (Å²) in [4.78, 5) is 39.7. The minimum atomic E-state index is -0.554. The van der Waals surface area contributed by atoms with Gasteiger partial charge in [-0.1, -0.05) is 31.7 Å². The first-order chi connectivity index (χ1) is 16.3. The van der Waals surface area contributed by atoms with Gasteiger partial charge < -0.3 is 15.4 Å². The normalized spacial score (nSPS) is 11.6. The number of amides is 2. The summed E-state index contributed by atoms with van der Waals surface area (Å²) < 4.78 is 5.09. The number of methoxy groups -OCH3 is 1. The molecule has 0 aliphatic heterocycles. The quantitative estimate of drug-likeness (QED) is 0.224. The summed E-state index contributed by atoms with van der Waals surface area (Å²) in [5.74, 6) is 0.472. The monoisotopic (exact) mass is 484 g/mol. The maximum absolute atomic E-state index is 12.7. The molecule has 0 aliphatic rings. The number of rotatable bonds is 10. The van der Waals surface area contributed by atoms with Crippen molar-refractivity contribution in [1.82, 2.24) is 20.5 Å². The summed E-state index contributed by atoms with van der Waals surface area (Å²) in [6, 6.07) is 12.0. The van der Waals surface area contributed by atoms with Crippen molar-refractivity contribution in [1.29, 1.82) is 0 Å². The number of hydrogen-bond acceptors (Lipinski definition) is 8. The SMILES string of the molecule is COc1ccc(NC(=O)CSc2n[nH]c([C@H](NC(=O)c3cccc([N+](=O)[O-])c3)C(C)C)n2)cc1. The molecule has 11 nitrogen and oxygen atoms in total. The number of carbonyl (C=O) groups is 2. The summed E-state index contributed by atoms with van der Waals surface area (Å²) in [5.41, 5.74) is 0.648. The minimum Gasteiger partial charge on any atom is -0.497 e. The maximum atomic E-state index is 12.7. The topological polar surface area (TPSA) is 152 Å². The Morgan fingerprint density at radius 3 is 2.59 bits per heavy atom. The Morgan fingerprint density at radius 1 is 1.21 bits per heavy atom. The predicted octanol–water partition coefficient (Wildman–Crippen LogP) is 3.58. The Balaban J connectivity index is 1.60. The van der Waals surface area contributed by atoms with Gasteiger partial charge in [0.1, 0.15) is 11.6 Å². The van der Waals surface area contributed by atoms with E-state index in [9.17, 15) is 19.7 Å². The summed E-state index contributed by atoms with van der Waals surface area (Å²) in [7, 11) is 1.57. The number of anilines is 1. The highest BCUT2D eigenvalue weighted by molar-refractivity contribution is 7.99. The molecule has 0 aliphatic carbocycles. The highest BCUT2D eigenvalue weighted by atomic mass is 32.2. The summed E-state index contributed by atoms with van der Waals surface area (Å²) in [6.45, 7) is 3.80. The number of aromatic amines is 1. The van der Waals surface area contributed by atoms with Crippen molar-refractivity contribution >= 4 is 35.0 Å². The molecular formula is C22H24N6O5S. The number of nitro groups is 1. The van der Waals surface area contributed by atoms with E-state index in [0.29, 0.717) is 22.4 Å². The third-order valence-corrected chi connectivity index (χ3v) is 5.60. The molecule has 2 aromatic carbocycles. The molecule has 0 saturated heterocycles. The zero-order valence-electron chi connectivity index (χ0n) is 18.8. The van der Waals surface area contributed by atoms with Crippen molar-refractivity contribution in [3.63, 3.8) is 0 Å². The zero-order valence-corrected chi connectivity index (χ0v) is 19.6. The van der Waals surface area contributed by atoms with Crippen molar-refractivity contribution in [2.45, 2.75) is 25.0 Å². The summed E-state index contributed by atoms with van der Waals surface area (Å²) in [6.07, 6.45) is 0. The van der Waals surface area contributed by atoms with Gasteiger partial charge >= 0.3 is 0 Å². The standard InChI is InChI=1S/C22H24N6O5S/c1-13(2)19(24-21(30)14-5-4-6-16(11-14)28(31)32)20-25-22(27-26-20)34-12-18(29)23-15-7-9-17(33-3)10-8-15/h4-11,13,19H,12H2,1-3H3,(H,23,29)(H,24,30)(H,25,26,27)/t19-/m1/s1. The van der Waals surface area contributed by atoms with Crippen LogP contribution in [-0.2, 0) is 4.79 Å². The number of nitrogens with one attached hydrogen (secondary N) is 3. The van der Waals surface area contributed by atoms with Crippen LogP contribution in [0.25, 0.3) is 0 Å². The summed E-state index contributed by atoms with van der Waals surface area (Å²) in [5, 5.41) is 23.9. The second kappa shape index (κ2) is 11.3. The number of benzene rings is 2. The number of aromatic nitrogens is 3. The Bertz CT molecular complexity index is 1160. The number of nitro benzene ring substituents is 1. The molecule has 0 bridgehead atoms. The maximum Gasteiger partial charge on any atom is 0.270 e. The van der Waals surface area contributed by atoms with Gasteiger partial charge in [-0.05, 0) is 36.2 Å². The lowest BCUT2D eigenvalue weighted by molar-refractivity contribution is -0.384. The largest absolute Gasteiger partial charge is 0.497 e. The molecule has 178 valence electrons. The zero-order chi connectivity index (χ0) is 24.7. The van der Waals surface area contributed by atoms with Gasteiger partial charge in [-0.15, -0.1) is 5.10 Å². The fraction of sp³-hybridized carbons (Fsp3) is 0.273. The molecule has 1 heterocycles. The van der Waals surface area contributed by atoms with Crippen LogP contribution in [0.4, 0.5) is 11.4 Å². The molecule has 1 aromatic heterocycles. The lowest BCUT2D eigenvalue weighted by atomic mass is 10.0. The van der Waals surface area contributed by atoms with E-state index in [4.69, 9.17) is 4.74 Å². The Hall–Kier alpha value is -3.93. The van der Waals surface area contributed by atoms with Gasteiger partial charge in [-0.25, -0.2) is 4.98 Å². The van der Waals surface area contributed by atoms with E-state index in [1.807, 2.05) is 13.8 Å². The van der Waals surface area contributed by atoms with Gasteiger partial charge in [0, 0.05) is 23.4 Å².